The Labute approximate surface area is 182 Å². The van der Waals surface area contributed by atoms with E-state index in [4.69, 9.17) is 0 Å². The summed E-state index contributed by atoms with van der Waals surface area (Å²) in [6.45, 7) is 0. The van der Waals surface area contributed by atoms with E-state index in [1.54, 1.807) is 0 Å². The van der Waals surface area contributed by atoms with Crippen molar-refractivity contribution in [2.75, 3.05) is 0 Å². The van der Waals surface area contributed by atoms with Gasteiger partial charge >= 0.3 is 17.1 Å². The fourth-order valence-corrected chi connectivity index (χ4v) is 2.94. The van der Waals surface area contributed by atoms with E-state index in [2.05, 4.69) is 85.0 Å². The fourth-order valence-electron chi connectivity index (χ4n) is 1.89. The van der Waals surface area contributed by atoms with Crippen molar-refractivity contribution >= 4 is 44.0 Å². The minimum atomic E-state index is 0. The van der Waals surface area contributed by atoms with Crippen LogP contribution in [0.5, 0.6) is 0 Å². The van der Waals surface area contributed by atoms with Gasteiger partial charge in [-0.2, -0.15) is 12.2 Å². The quantitative estimate of drug-likeness (QED) is 0.313. The first kappa shape index (κ1) is 27.2. The molecule has 0 aliphatic heterocycles. The number of allylic oxidation sites excluding steroid dienone is 8. The van der Waals surface area contributed by atoms with Gasteiger partial charge in [0.05, 0.1) is 0 Å². The van der Waals surface area contributed by atoms with Gasteiger partial charge in [-0.25, -0.2) is 24.3 Å². The molecule has 26 heavy (non-hydrogen) atoms. The van der Waals surface area contributed by atoms with Crippen molar-refractivity contribution in [2.45, 2.75) is 12.8 Å². The maximum Gasteiger partial charge on any atom is 2.00 e. The van der Waals surface area contributed by atoms with Gasteiger partial charge in [-0.1, -0.05) is 69.2 Å². The van der Waals surface area contributed by atoms with E-state index < -0.39 is 0 Å². The zero-order chi connectivity index (χ0) is 16.0. The molecular formula is C22H23Cl2FeP. The zero-order valence-corrected chi connectivity index (χ0v) is 18.1. The summed E-state index contributed by atoms with van der Waals surface area (Å²) in [5.74, 6) is 0. The summed E-state index contributed by atoms with van der Waals surface area (Å²) in [6, 6.07) is 21.2. The van der Waals surface area contributed by atoms with Crippen LogP contribution in [0.1, 0.15) is 12.8 Å². The predicted octanol–water partition coefficient (Wildman–Crippen LogP) is 5.77. The first-order valence-electron chi connectivity index (χ1n) is 7.76. The molecule has 0 heterocycles. The molecule has 138 valence electrons. The van der Waals surface area contributed by atoms with Gasteiger partial charge in [0.1, 0.15) is 0 Å². The monoisotopic (exact) mass is 444 g/mol. The molecule has 0 spiro atoms. The molecule has 0 radical (unpaired) electrons. The SMILES string of the molecule is Cl.Cl.[C-]1=CC=CC1.[C-]1=CC=CC1.[Fe+2].c1ccc(Pc2ccccc2)cc1. The van der Waals surface area contributed by atoms with E-state index in [-0.39, 0.29) is 41.9 Å². The van der Waals surface area contributed by atoms with Gasteiger partial charge in [-0.15, -0.1) is 37.7 Å². The van der Waals surface area contributed by atoms with Gasteiger partial charge in [0.15, 0.2) is 0 Å². The summed E-state index contributed by atoms with van der Waals surface area (Å²) in [5.41, 5.74) is 0. The van der Waals surface area contributed by atoms with Gasteiger partial charge < -0.3 is 0 Å². The molecule has 2 aliphatic carbocycles. The summed E-state index contributed by atoms with van der Waals surface area (Å²) in [5, 5.41) is 2.79. The van der Waals surface area contributed by atoms with Crippen LogP contribution in [0.4, 0.5) is 0 Å². The van der Waals surface area contributed by atoms with Crippen molar-refractivity contribution in [1.82, 2.24) is 0 Å². The molecule has 0 nitrogen and oxygen atoms in total. The molecule has 2 aromatic rings. The van der Waals surface area contributed by atoms with Gasteiger partial charge in [0.25, 0.3) is 0 Å². The summed E-state index contributed by atoms with van der Waals surface area (Å²) >= 11 is 0. The Bertz CT molecular complexity index is 586. The van der Waals surface area contributed by atoms with Crippen LogP contribution in [-0.4, -0.2) is 0 Å². The fraction of sp³-hybridized carbons (Fsp3) is 0.0909. The number of hydrogen-bond acceptors (Lipinski definition) is 0. The van der Waals surface area contributed by atoms with Crippen LogP contribution in [0.25, 0.3) is 0 Å². The second-order valence-corrected chi connectivity index (χ2v) is 6.27. The average Bonchev–Trinajstić information content (AvgIpc) is 3.35. The Morgan fingerprint density at radius 2 is 1.00 bits per heavy atom. The van der Waals surface area contributed by atoms with Crippen LogP contribution in [0.2, 0.25) is 0 Å². The van der Waals surface area contributed by atoms with E-state index in [0.29, 0.717) is 0 Å². The van der Waals surface area contributed by atoms with Crippen LogP contribution >= 0.6 is 33.4 Å². The number of rotatable bonds is 2. The van der Waals surface area contributed by atoms with Crippen molar-refractivity contribution in [1.29, 1.82) is 0 Å². The summed E-state index contributed by atoms with van der Waals surface area (Å²) in [4.78, 5) is 0. The van der Waals surface area contributed by atoms with Crippen LogP contribution in [0, 0.1) is 12.2 Å². The van der Waals surface area contributed by atoms with Crippen LogP contribution in [0.3, 0.4) is 0 Å². The smallest absolute Gasteiger partial charge is 0.273 e. The molecule has 0 N–H and O–H groups in total. The van der Waals surface area contributed by atoms with Crippen LogP contribution < -0.4 is 10.6 Å². The second kappa shape index (κ2) is 18.7. The van der Waals surface area contributed by atoms with Crippen molar-refractivity contribution in [3.63, 3.8) is 0 Å². The van der Waals surface area contributed by atoms with Crippen molar-refractivity contribution in [2.24, 2.45) is 0 Å². The van der Waals surface area contributed by atoms with Gasteiger partial charge in [0.2, 0.25) is 0 Å². The Morgan fingerprint density at radius 3 is 1.23 bits per heavy atom. The third kappa shape index (κ3) is 13.2. The summed E-state index contributed by atoms with van der Waals surface area (Å²) in [6.07, 6.45) is 20.0. The third-order valence-corrected chi connectivity index (χ3v) is 4.25. The largest absolute Gasteiger partial charge is 2.00 e. The van der Waals surface area contributed by atoms with E-state index in [1.165, 1.54) is 10.6 Å². The molecule has 0 unspecified atom stereocenters. The molecule has 2 aliphatic rings. The summed E-state index contributed by atoms with van der Waals surface area (Å²) < 4.78 is 0. The molecule has 0 atom stereocenters. The molecule has 0 saturated carbocycles. The third-order valence-electron chi connectivity index (χ3n) is 3.01. The maximum absolute atomic E-state index is 2.99. The minimum Gasteiger partial charge on any atom is -0.273 e. The van der Waals surface area contributed by atoms with E-state index in [1.807, 2.05) is 24.3 Å². The summed E-state index contributed by atoms with van der Waals surface area (Å²) in [7, 11) is 0.777. The Kier molecular flexibility index (Phi) is 19.5. The molecule has 4 heteroatoms. The minimum absolute atomic E-state index is 0. The zero-order valence-electron chi connectivity index (χ0n) is 14.3. The van der Waals surface area contributed by atoms with Crippen molar-refractivity contribution < 1.29 is 17.1 Å². The molecule has 0 saturated heterocycles. The van der Waals surface area contributed by atoms with Gasteiger partial charge in [-0.3, -0.25) is 12.2 Å². The van der Waals surface area contributed by atoms with Gasteiger partial charge in [-0.05, 0) is 10.6 Å². The second-order valence-electron chi connectivity index (χ2n) is 4.86. The predicted molar refractivity (Wildman–Crippen MR) is 118 cm³/mol. The molecule has 2 aromatic carbocycles. The Balaban J connectivity index is 0. The molecule has 0 aromatic heterocycles. The van der Waals surface area contributed by atoms with Crippen molar-refractivity contribution in [3.05, 3.63) is 109 Å². The standard InChI is InChI=1S/C12H11P.2C5H5.2ClH.Fe/c1-3-7-11(8-4-1)13-12-9-5-2-6-10-12;2*1-2-4-5-3-1;;;/h1-10,13H;2*1-3H,4H2;2*1H;/q;2*-1;;;+2. The number of halogens is 2. The van der Waals surface area contributed by atoms with E-state index in [0.717, 1.165) is 21.4 Å². The average molecular weight is 445 g/mol. The molecular weight excluding hydrogens is 422 g/mol. The topological polar surface area (TPSA) is 0 Å². The Morgan fingerprint density at radius 1 is 0.615 bits per heavy atom. The van der Waals surface area contributed by atoms with Crippen LogP contribution in [-0.2, 0) is 17.1 Å². The normalized spacial score (nSPS) is 11.7. The number of benzene rings is 2. The molecule has 0 bridgehead atoms. The van der Waals surface area contributed by atoms with Crippen molar-refractivity contribution in [3.8, 4) is 0 Å². The van der Waals surface area contributed by atoms with E-state index in [9.17, 15) is 0 Å². The molecule has 0 fully saturated rings. The Hall–Kier alpha value is -1.07. The first-order chi connectivity index (χ1) is 11.4. The van der Waals surface area contributed by atoms with E-state index >= 15 is 0 Å². The van der Waals surface area contributed by atoms with Crippen LogP contribution in [0.15, 0.2) is 97.1 Å². The first-order valence-corrected chi connectivity index (χ1v) is 8.76. The van der Waals surface area contributed by atoms with Gasteiger partial charge in [0, 0.05) is 0 Å². The maximum atomic E-state index is 2.99. The molecule has 4 rings (SSSR count). The number of hydrogen-bond donors (Lipinski definition) is 0. The molecule has 0 amide bonds.